The van der Waals surface area contributed by atoms with Gasteiger partial charge in [-0.3, -0.25) is 34.3 Å². The number of amides is 4. The minimum atomic E-state index is -0.947. The van der Waals surface area contributed by atoms with E-state index in [1.54, 1.807) is 12.1 Å². The van der Waals surface area contributed by atoms with Crippen LogP contribution in [0.5, 0.6) is 0 Å². The van der Waals surface area contributed by atoms with Gasteiger partial charge in [-0.2, -0.15) is 0 Å². The van der Waals surface area contributed by atoms with Gasteiger partial charge in [0.1, 0.15) is 6.04 Å². The Kier molecular flexibility index (Phi) is 7.36. The molecule has 0 spiro atoms. The number of piperazine rings is 1. The zero-order valence-electron chi connectivity index (χ0n) is 20.7. The van der Waals surface area contributed by atoms with Crippen LogP contribution < -0.4 is 21.3 Å². The molecular weight excluding hydrogens is 460 g/mol. The van der Waals surface area contributed by atoms with Crippen LogP contribution in [0.25, 0.3) is 0 Å². The van der Waals surface area contributed by atoms with Crippen molar-refractivity contribution < 1.29 is 19.2 Å². The van der Waals surface area contributed by atoms with Crippen LogP contribution in [0.4, 0.5) is 5.69 Å². The molecule has 4 amide bonds. The fourth-order valence-corrected chi connectivity index (χ4v) is 5.91. The van der Waals surface area contributed by atoms with Crippen LogP contribution in [0.1, 0.15) is 59.2 Å². The standard InChI is InChI=1S/C26H36N6O4/c27-18-6-4-17(5-7-18)16-28-10-11-30-12-14-31(15-13-30)20-3-1-2-19-23(20)26(36)32(25(19)35)21-8-9-22(33)29-24(21)34/h1-3,17-18,21,28H,4-16,27H2,(H,29,33,34). The smallest absolute Gasteiger partial charge is 0.264 e. The maximum Gasteiger partial charge on any atom is 0.264 e. The number of anilines is 1. The summed E-state index contributed by atoms with van der Waals surface area (Å²) >= 11 is 0. The van der Waals surface area contributed by atoms with Crippen LogP contribution >= 0.6 is 0 Å². The Morgan fingerprint density at radius 2 is 1.69 bits per heavy atom. The summed E-state index contributed by atoms with van der Waals surface area (Å²) in [5.41, 5.74) is 7.45. The number of nitrogens with one attached hydrogen (secondary N) is 2. The number of nitrogens with two attached hydrogens (primary N) is 1. The van der Waals surface area contributed by atoms with Gasteiger partial charge in [0.25, 0.3) is 11.8 Å². The first kappa shape index (κ1) is 24.9. The fraction of sp³-hybridized carbons (Fsp3) is 0.615. The predicted molar refractivity (Wildman–Crippen MR) is 135 cm³/mol. The second-order valence-corrected chi connectivity index (χ2v) is 10.5. The molecule has 36 heavy (non-hydrogen) atoms. The molecule has 0 bridgehead atoms. The minimum absolute atomic E-state index is 0.113. The van der Waals surface area contributed by atoms with E-state index in [2.05, 4.69) is 20.4 Å². The van der Waals surface area contributed by atoms with Crippen molar-refractivity contribution in [1.29, 1.82) is 0 Å². The number of imide groups is 2. The Morgan fingerprint density at radius 1 is 0.944 bits per heavy atom. The summed E-state index contributed by atoms with van der Waals surface area (Å²) in [6, 6.07) is 4.76. The van der Waals surface area contributed by atoms with Gasteiger partial charge in [0.05, 0.1) is 16.8 Å². The highest BCUT2D eigenvalue weighted by atomic mass is 16.2. The number of rotatable bonds is 7. The molecular formula is C26H36N6O4. The van der Waals surface area contributed by atoms with E-state index in [4.69, 9.17) is 5.73 Å². The number of hydrogen-bond donors (Lipinski definition) is 3. The molecule has 4 aliphatic rings. The molecule has 3 aliphatic heterocycles. The number of hydrogen-bond acceptors (Lipinski definition) is 8. The molecule has 3 fully saturated rings. The molecule has 10 nitrogen and oxygen atoms in total. The zero-order valence-corrected chi connectivity index (χ0v) is 20.7. The fourth-order valence-electron chi connectivity index (χ4n) is 5.91. The van der Waals surface area contributed by atoms with Gasteiger partial charge in [0, 0.05) is 51.7 Å². The Balaban J connectivity index is 1.15. The first-order chi connectivity index (χ1) is 17.4. The molecule has 1 atom stereocenters. The van der Waals surface area contributed by atoms with Gasteiger partial charge in [0.15, 0.2) is 0 Å². The first-order valence-electron chi connectivity index (χ1n) is 13.2. The average Bonchev–Trinajstić information content (AvgIpc) is 3.13. The van der Waals surface area contributed by atoms with Gasteiger partial charge in [-0.25, -0.2) is 0 Å². The molecule has 4 N–H and O–H groups in total. The van der Waals surface area contributed by atoms with Gasteiger partial charge in [0.2, 0.25) is 11.8 Å². The monoisotopic (exact) mass is 496 g/mol. The number of carbonyl (C=O) groups is 4. The third-order valence-electron chi connectivity index (χ3n) is 8.09. The van der Waals surface area contributed by atoms with Gasteiger partial charge >= 0.3 is 0 Å². The Bertz CT molecular complexity index is 1030. The Labute approximate surface area is 211 Å². The number of piperidine rings is 1. The van der Waals surface area contributed by atoms with Crippen molar-refractivity contribution in [2.75, 3.05) is 50.7 Å². The van der Waals surface area contributed by atoms with Crippen molar-refractivity contribution in [2.45, 2.75) is 50.6 Å². The average molecular weight is 497 g/mol. The van der Waals surface area contributed by atoms with Crippen molar-refractivity contribution in [3.8, 4) is 0 Å². The lowest BCUT2D eigenvalue weighted by Crippen LogP contribution is -2.54. The summed E-state index contributed by atoms with van der Waals surface area (Å²) in [5.74, 6) is -1.13. The summed E-state index contributed by atoms with van der Waals surface area (Å²) in [5, 5.41) is 5.86. The molecule has 0 aromatic heterocycles. The van der Waals surface area contributed by atoms with E-state index in [9.17, 15) is 19.2 Å². The van der Waals surface area contributed by atoms with Gasteiger partial charge in [-0.05, 0) is 56.7 Å². The van der Waals surface area contributed by atoms with Crippen molar-refractivity contribution in [2.24, 2.45) is 11.7 Å². The summed E-state index contributed by atoms with van der Waals surface area (Å²) in [4.78, 5) is 56.0. The second kappa shape index (κ2) is 10.7. The summed E-state index contributed by atoms with van der Waals surface area (Å²) in [7, 11) is 0. The summed E-state index contributed by atoms with van der Waals surface area (Å²) in [6.45, 7) is 6.27. The van der Waals surface area contributed by atoms with Crippen LogP contribution in [0.2, 0.25) is 0 Å². The van der Waals surface area contributed by atoms with E-state index in [0.717, 1.165) is 75.2 Å². The first-order valence-corrected chi connectivity index (χ1v) is 13.2. The Hall–Kier alpha value is -2.82. The van der Waals surface area contributed by atoms with E-state index in [-0.39, 0.29) is 18.7 Å². The topological polar surface area (TPSA) is 128 Å². The van der Waals surface area contributed by atoms with E-state index in [1.807, 2.05) is 6.07 Å². The predicted octanol–water partition coefficient (Wildman–Crippen LogP) is 0.317. The van der Waals surface area contributed by atoms with Crippen LogP contribution in [0.3, 0.4) is 0 Å². The maximum absolute atomic E-state index is 13.4. The molecule has 3 heterocycles. The molecule has 2 saturated heterocycles. The van der Waals surface area contributed by atoms with Crippen LogP contribution in [0.15, 0.2) is 18.2 Å². The van der Waals surface area contributed by atoms with Crippen molar-refractivity contribution in [1.82, 2.24) is 20.4 Å². The molecule has 1 unspecified atom stereocenters. The van der Waals surface area contributed by atoms with Crippen LogP contribution in [-0.4, -0.2) is 91.3 Å². The molecule has 5 rings (SSSR count). The molecule has 10 heteroatoms. The summed E-state index contributed by atoms with van der Waals surface area (Å²) < 4.78 is 0. The van der Waals surface area contributed by atoms with Gasteiger partial charge < -0.3 is 16.0 Å². The molecule has 0 radical (unpaired) electrons. The van der Waals surface area contributed by atoms with Crippen molar-refractivity contribution >= 4 is 29.3 Å². The molecule has 194 valence electrons. The third kappa shape index (κ3) is 5.02. The largest absolute Gasteiger partial charge is 0.368 e. The number of nitrogens with zero attached hydrogens (tertiary/aromatic N) is 3. The number of benzene rings is 1. The third-order valence-corrected chi connectivity index (χ3v) is 8.09. The van der Waals surface area contributed by atoms with Crippen molar-refractivity contribution in [3.05, 3.63) is 29.3 Å². The molecule has 1 saturated carbocycles. The number of carbonyl (C=O) groups excluding carboxylic acids is 4. The molecule has 1 aliphatic carbocycles. The van der Waals surface area contributed by atoms with Crippen molar-refractivity contribution in [3.63, 3.8) is 0 Å². The van der Waals surface area contributed by atoms with Crippen LogP contribution in [0, 0.1) is 5.92 Å². The quantitative estimate of drug-likeness (QED) is 0.364. The zero-order chi connectivity index (χ0) is 25.2. The SMILES string of the molecule is NC1CCC(CNCCN2CCN(c3cccc4c3C(=O)N(C3CCC(=O)NC3=O)C4=O)CC2)CC1. The van der Waals surface area contributed by atoms with E-state index in [0.29, 0.717) is 17.2 Å². The highest BCUT2D eigenvalue weighted by molar-refractivity contribution is 6.25. The normalized spacial score (nSPS) is 27.4. The van der Waals surface area contributed by atoms with Gasteiger partial charge in [-0.15, -0.1) is 0 Å². The minimum Gasteiger partial charge on any atom is -0.368 e. The second-order valence-electron chi connectivity index (χ2n) is 10.5. The lowest BCUT2D eigenvalue weighted by atomic mass is 9.86. The van der Waals surface area contributed by atoms with E-state index < -0.39 is 23.8 Å². The van der Waals surface area contributed by atoms with E-state index >= 15 is 0 Å². The highest BCUT2D eigenvalue weighted by Gasteiger charge is 2.46. The Morgan fingerprint density at radius 3 is 2.42 bits per heavy atom. The lowest BCUT2D eigenvalue weighted by Gasteiger charge is -2.37. The molecule has 1 aromatic carbocycles. The highest BCUT2D eigenvalue weighted by Crippen LogP contribution is 2.34. The van der Waals surface area contributed by atoms with Gasteiger partial charge in [-0.1, -0.05) is 6.07 Å². The van der Waals surface area contributed by atoms with Crippen LogP contribution in [-0.2, 0) is 9.59 Å². The molecule has 1 aromatic rings. The number of fused-ring (bicyclic) bond motifs is 1. The summed E-state index contributed by atoms with van der Waals surface area (Å²) in [6.07, 6.45) is 4.98. The van der Waals surface area contributed by atoms with E-state index in [1.165, 1.54) is 12.8 Å². The maximum atomic E-state index is 13.4. The lowest BCUT2D eigenvalue weighted by molar-refractivity contribution is -0.136.